The Morgan fingerprint density at radius 2 is 0.629 bits per heavy atom. The van der Waals surface area contributed by atoms with E-state index in [-0.39, 0.29) is 0 Å². The number of alkyl halides is 3. The molecule has 0 nitrogen and oxygen atoms in total. The minimum Gasteiger partial charge on any atom is -0.0874 e. The van der Waals surface area contributed by atoms with Gasteiger partial charge in [-0.2, -0.15) is 0 Å². The molecule has 0 amide bonds. The first kappa shape index (κ1) is 24.1. The maximum Gasteiger partial charge on any atom is 0.180 e. The lowest BCUT2D eigenvalue weighted by Crippen LogP contribution is -2.22. The predicted octanol–water partition coefficient (Wildman–Crippen LogP) is 8.89. The molecule has 6 aromatic carbocycles. The zero-order chi connectivity index (χ0) is 24.2. The molecular formula is C31H22Cl3P. The highest BCUT2D eigenvalue weighted by Crippen LogP contribution is 2.40. The van der Waals surface area contributed by atoms with Crippen molar-refractivity contribution in [1.29, 1.82) is 0 Å². The van der Waals surface area contributed by atoms with Gasteiger partial charge in [0.05, 0.1) is 0 Å². The van der Waals surface area contributed by atoms with Crippen molar-refractivity contribution in [3.05, 3.63) is 127 Å². The zero-order valence-electron chi connectivity index (χ0n) is 18.8. The van der Waals surface area contributed by atoms with Gasteiger partial charge in [0.25, 0.3) is 0 Å². The van der Waals surface area contributed by atoms with Crippen LogP contribution in [0.2, 0.25) is 0 Å². The first-order chi connectivity index (χ1) is 17.1. The van der Waals surface area contributed by atoms with Crippen LogP contribution in [0.4, 0.5) is 0 Å². The fourth-order valence-corrected chi connectivity index (χ4v) is 7.42. The van der Waals surface area contributed by atoms with Crippen LogP contribution in [0.15, 0.2) is 127 Å². The molecule has 6 rings (SSSR count). The van der Waals surface area contributed by atoms with E-state index in [0.29, 0.717) is 0 Å². The maximum atomic E-state index is 4.81. The quantitative estimate of drug-likeness (QED) is 0.158. The lowest BCUT2D eigenvalue weighted by molar-refractivity contribution is 1.76. The van der Waals surface area contributed by atoms with Crippen molar-refractivity contribution in [3.8, 4) is 0 Å². The van der Waals surface area contributed by atoms with Gasteiger partial charge in [-0.05, 0) is 56.2 Å². The molecule has 0 N–H and O–H groups in total. The molecule has 0 aromatic heterocycles. The van der Waals surface area contributed by atoms with Crippen molar-refractivity contribution >= 4 is 91.0 Å². The normalized spacial score (nSPS) is 11.2. The van der Waals surface area contributed by atoms with Gasteiger partial charge < -0.3 is 0 Å². The Morgan fingerprint density at radius 3 is 0.943 bits per heavy atom. The molecule has 0 saturated heterocycles. The fraction of sp³-hybridized carbons (Fsp3) is 0.0323. The van der Waals surface area contributed by atoms with E-state index < -0.39 is 12.2 Å². The van der Waals surface area contributed by atoms with Crippen molar-refractivity contribution in [1.82, 2.24) is 0 Å². The molecule has 0 heterocycles. The van der Waals surface area contributed by atoms with Gasteiger partial charge in [0.2, 0.25) is 0 Å². The summed E-state index contributed by atoms with van der Waals surface area (Å²) < 4.78 is -0.750. The smallest absolute Gasteiger partial charge is 0.0874 e. The maximum absolute atomic E-state index is 4.81. The van der Waals surface area contributed by atoms with Crippen molar-refractivity contribution < 1.29 is 0 Å². The summed E-state index contributed by atoms with van der Waals surface area (Å²) in [5.74, 6) is 0. The van der Waals surface area contributed by atoms with E-state index in [9.17, 15) is 0 Å². The van der Waals surface area contributed by atoms with Crippen LogP contribution < -0.4 is 15.9 Å². The Bertz CT molecular complexity index is 1400. The second-order valence-corrected chi connectivity index (χ2v) is 12.2. The molecule has 4 heteroatoms. The first-order valence-corrected chi connectivity index (χ1v) is 13.9. The second kappa shape index (κ2) is 11.0. The van der Waals surface area contributed by atoms with E-state index in [1.54, 1.807) is 0 Å². The van der Waals surface area contributed by atoms with Gasteiger partial charge in [-0.1, -0.05) is 162 Å². The summed E-state index contributed by atoms with van der Waals surface area (Å²) in [6.07, 6.45) is 0. The van der Waals surface area contributed by atoms with Crippen LogP contribution >= 0.6 is 42.7 Å². The topological polar surface area (TPSA) is 0 Å². The van der Waals surface area contributed by atoms with Gasteiger partial charge in [-0.25, -0.2) is 0 Å². The van der Waals surface area contributed by atoms with Gasteiger partial charge >= 0.3 is 0 Å². The highest BCUT2D eigenvalue weighted by molar-refractivity contribution is 7.81. The van der Waals surface area contributed by atoms with Crippen LogP contribution in [-0.2, 0) is 0 Å². The Morgan fingerprint density at radius 1 is 0.371 bits per heavy atom. The minimum absolute atomic E-state index is 0.745. The Kier molecular flexibility index (Phi) is 7.57. The Balaban J connectivity index is 0.000000591. The third-order valence-electron chi connectivity index (χ3n) is 6.02. The van der Waals surface area contributed by atoms with Crippen LogP contribution in [0, 0.1) is 0 Å². The molecule has 0 saturated carbocycles. The van der Waals surface area contributed by atoms with Gasteiger partial charge in [-0.15, -0.1) is 0 Å². The van der Waals surface area contributed by atoms with Crippen molar-refractivity contribution in [3.63, 3.8) is 0 Å². The molecule has 0 radical (unpaired) electrons. The van der Waals surface area contributed by atoms with E-state index in [2.05, 4.69) is 127 Å². The summed E-state index contributed by atoms with van der Waals surface area (Å²) in [6, 6.07) is 46.6. The van der Waals surface area contributed by atoms with Crippen molar-refractivity contribution in [2.45, 2.75) is 4.30 Å². The van der Waals surface area contributed by atoms with Crippen molar-refractivity contribution in [2.24, 2.45) is 0 Å². The fourth-order valence-electron chi connectivity index (χ4n) is 4.60. The van der Waals surface area contributed by atoms with Crippen LogP contribution in [-0.4, -0.2) is 4.30 Å². The molecule has 35 heavy (non-hydrogen) atoms. The average Bonchev–Trinajstić information content (AvgIpc) is 2.89. The van der Waals surface area contributed by atoms with Crippen LogP contribution in [0.1, 0.15) is 0 Å². The zero-order valence-corrected chi connectivity index (χ0v) is 21.9. The van der Waals surface area contributed by atoms with E-state index in [4.69, 9.17) is 34.8 Å². The predicted molar refractivity (Wildman–Crippen MR) is 159 cm³/mol. The van der Waals surface area contributed by atoms with Crippen LogP contribution in [0.5, 0.6) is 0 Å². The summed E-state index contributed by atoms with van der Waals surface area (Å²) in [7, 11) is -0.745. The van der Waals surface area contributed by atoms with E-state index in [1.165, 1.54) is 48.2 Å². The highest BCUT2D eigenvalue weighted by Gasteiger charge is 2.22. The van der Waals surface area contributed by atoms with Crippen LogP contribution in [0.25, 0.3) is 32.3 Å². The molecule has 0 aliphatic carbocycles. The standard InChI is InChI=1S/C30H21P.CHCl3/c1-4-16-25-22(10-1)13-7-19-28(25)31(29-20-8-14-23-11-2-5-17-26(23)29)30-21-9-15-24-12-3-6-18-27(24)30;2-1(3)4/h1-21H;1H. The Labute approximate surface area is 221 Å². The van der Waals surface area contributed by atoms with E-state index in [0.717, 1.165) is 0 Å². The number of hydrogen-bond donors (Lipinski definition) is 0. The molecule has 172 valence electrons. The molecule has 6 aromatic rings. The van der Waals surface area contributed by atoms with Crippen molar-refractivity contribution in [2.75, 3.05) is 0 Å². The largest absolute Gasteiger partial charge is 0.180 e. The minimum atomic E-state index is -0.750. The molecule has 0 fully saturated rings. The average molecular weight is 532 g/mol. The molecule has 0 unspecified atom stereocenters. The van der Waals surface area contributed by atoms with Gasteiger partial charge in [-0.3, -0.25) is 0 Å². The third kappa shape index (κ3) is 5.18. The highest BCUT2D eigenvalue weighted by atomic mass is 35.6. The van der Waals surface area contributed by atoms with Gasteiger partial charge in [0, 0.05) is 0 Å². The summed E-state index contributed by atoms with van der Waals surface area (Å²) >= 11 is 14.4. The number of hydrogen-bond acceptors (Lipinski definition) is 0. The number of benzene rings is 6. The molecular weight excluding hydrogens is 510 g/mol. The summed E-state index contributed by atoms with van der Waals surface area (Å²) in [4.78, 5) is 0. The van der Waals surface area contributed by atoms with Crippen LogP contribution in [0.3, 0.4) is 0 Å². The summed E-state index contributed by atoms with van der Waals surface area (Å²) in [5.41, 5.74) is 0. The molecule has 0 aliphatic heterocycles. The lowest BCUT2D eigenvalue weighted by atomic mass is 10.1. The summed E-state index contributed by atoms with van der Waals surface area (Å²) in [6.45, 7) is 0. The van der Waals surface area contributed by atoms with E-state index in [1.807, 2.05) is 0 Å². The van der Waals surface area contributed by atoms with Gasteiger partial charge in [0.1, 0.15) is 0 Å². The molecule has 0 spiro atoms. The molecule has 0 atom stereocenters. The molecule has 0 bridgehead atoms. The Hall–Kier alpha value is -2.60. The number of rotatable bonds is 3. The first-order valence-electron chi connectivity index (χ1n) is 11.3. The summed E-state index contributed by atoms with van der Waals surface area (Å²) in [5, 5.41) is 12.2. The van der Waals surface area contributed by atoms with E-state index >= 15 is 0 Å². The monoisotopic (exact) mass is 530 g/mol. The SMILES string of the molecule is ClC(Cl)Cl.c1ccc2c(P(c3cccc4ccccc34)c3cccc4ccccc34)cccc2c1. The number of halogens is 3. The third-order valence-corrected chi connectivity index (χ3v) is 8.64. The second-order valence-electron chi connectivity index (χ2n) is 8.08. The number of fused-ring (bicyclic) bond motifs is 3. The lowest BCUT2D eigenvalue weighted by Gasteiger charge is -2.24. The van der Waals surface area contributed by atoms with Gasteiger partial charge in [0.15, 0.2) is 4.30 Å². The molecule has 0 aliphatic rings.